The van der Waals surface area contributed by atoms with Gasteiger partial charge in [0.05, 0.1) is 16.1 Å². The van der Waals surface area contributed by atoms with Crippen LogP contribution in [0, 0.1) is 0 Å². The lowest BCUT2D eigenvalue weighted by atomic mass is 10.1. The molecule has 1 aromatic carbocycles. The Morgan fingerprint density at radius 1 is 1.22 bits per heavy atom. The van der Waals surface area contributed by atoms with Crippen molar-refractivity contribution in [2.75, 3.05) is 5.75 Å². The zero-order valence-electron chi connectivity index (χ0n) is 10.2. The monoisotopic (exact) mass is 304 g/mol. The van der Waals surface area contributed by atoms with Gasteiger partial charge >= 0.3 is 0 Å². The van der Waals surface area contributed by atoms with Crippen LogP contribution in [0.1, 0.15) is 31.2 Å². The van der Waals surface area contributed by atoms with Gasteiger partial charge in [0.25, 0.3) is 0 Å². The highest BCUT2D eigenvalue weighted by atomic mass is 35.5. The topological polar surface area (TPSA) is 20.2 Å². The van der Waals surface area contributed by atoms with Gasteiger partial charge in [0.2, 0.25) is 0 Å². The standard InChI is InChI=1S/C14H18Cl2OS/c15-13-6-5-10(8-14(13)16)7-11(17)9-18-12-3-1-2-4-12/h5-6,8,11-12,17H,1-4,7,9H2. The van der Waals surface area contributed by atoms with Gasteiger partial charge in [0.1, 0.15) is 0 Å². The molecule has 0 aromatic heterocycles. The summed E-state index contributed by atoms with van der Waals surface area (Å²) in [5, 5.41) is 11.9. The van der Waals surface area contributed by atoms with Gasteiger partial charge in [0, 0.05) is 11.0 Å². The Labute approximate surface area is 123 Å². The van der Waals surface area contributed by atoms with E-state index in [9.17, 15) is 5.11 Å². The van der Waals surface area contributed by atoms with Gasteiger partial charge in [0.15, 0.2) is 0 Å². The van der Waals surface area contributed by atoms with E-state index in [0.29, 0.717) is 16.5 Å². The van der Waals surface area contributed by atoms with Gasteiger partial charge in [-0.25, -0.2) is 0 Å². The number of hydrogen-bond donors (Lipinski definition) is 1. The molecule has 1 N–H and O–H groups in total. The van der Waals surface area contributed by atoms with Gasteiger partial charge in [-0.1, -0.05) is 42.1 Å². The van der Waals surface area contributed by atoms with Crippen molar-refractivity contribution in [2.45, 2.75) is 43.5 Å². The molecule has 0 heterocycles. The van der Waals surface area contributed by atoms with Crippen molar-refractivity contribution in [1.82, 2.24) is 0 Å². The van der Waals surface area contributed by atoms with Crippen LogP contribution in [0.3, 0.4) is 0 Å². The molecule has 18 heavy (non-hydrogen) atoms. The van der Waals surface area contributed by atoms with Crippen molar-refractivity contribution in [3.8, 4) is 0 Å². The number of halogens is 2. The maximum Gasteiger partial charge on any atom is 0.0670 e. The van der Waals surface area contributed by atoms with E-state index in [2.05, 4.69) is 0 Å². The molecule has 0 bridgehead atoms. The predicted molar refractivity (Wildman–Crippen MR) is 80.9 cm³/mol. The summed E-state index contributed by atoms with van der Waals surface area (Å²) in [4.78, 5) is 0. The van der Waals surface area contributed by atoms with Crippen molar-refractivity contribution >= 4 is 35.0 Å². The third kappa shape index (κ3) is 4.34. The van der Waals surface area contributed by atoms with Crippen molar-refractivity contribution in [3.63, 3.8) is 0 Å². The van der Waals surface area contributed by atoms with Crippen LogP contribution in [0.15, 0.2) is 18.2 Å². The molecule has 1 saturated carbocycles. The zero-order chi connectivity index (χ0) is 13.0. The molecule has 0 aliphatic heterocycles. The number of rotatable bonds is 5. The molecule has 1 unspecified atom stereocenters. The highest BCUT2D eigenvalue weighted by Crippen LogP contribution is 2.30. The first kappa shape index (κ1) is 14.5. The minimum Gasteiger partial charge on any atom is -0.392 e. The molecule has 2 rings (SSSR count). The first-order valence-corrected chi connectivity index (χ1v) is 8.19. The molecule has 4 heteroatoms. The van der Waals surface area contributed by atoms with E-state index in [-0.39, 0.29) is 6.10 Å². The summed E-state index contributed by atoms with van der Waals surface area (Å²) >= 11 is 13.7. The van der Waals surface area contributed by atoms with Crippen LogP contribution in [0.2, 0.25) is 10.0 Å². The fourth-order valence-electron chi connectivity index (χ4n) is 2.30. The molecule has 0 saturated heterocycles. The van der Waals surface area contributed by atoms with Crippen molar-refractivity contribution < 1.29 is 5.11 Å². The summed E-state index contributed by atoms with van der Waals surface area (Å²) in [6.07, 6.45) is 5.67. The summed E-state index contributed by atoms with van der Waals surface area (Å²) in [6, 6.07) is 5.56. The largest absolute Gasteiger partial charge is 0.392 e. The molecule has 1 atom stereocenters. The molecule has 1 aliphatic rings. The molecule has 0 amide bonds. The Balaban J connectivity index is 1.78. The minimum absolute atomic E-state index is 0.298. The minimum atomic E-state index is -0.298. The van der Waals surface area contributed by atoms with Crippen LogP contribution >= 0.6 is 35.0 Å². The van der Waals surface area contributed by atoms with Gasteiger partial charge in [-0.15, -0.1) is 0 Å². The van der Waals surface area contributed by atoms with E-state index in [4.69, 9.17) is 23.2 Å². The van der Waals surface area contributed by atoms with Crippen LogP contribution < -0.4 is 0 Å². The Morgan fingerprint density at radius 3 is 2.61 bits per heavy atom. The molecule has 100 valence electrons. The molecule has 1 aliphatic carbocycles. The molecule has 1 nitrogen and oxygen atoms in total. The molecule has 1 aromatic rings. The summed E-state index contributed by atoms with van der Waals surface area (Å²) < 4.78 is 0. The highest BCUT2D eigenvalue weighted by molar-refractivity contribution is 7.99. The second-order valence-corrected chi connectivity index (χ2v) is 6.99. The summed E-state index contributed by atoms with van der Waals surface area (Å²) in [5.74, 6) is 0.810. The van der Waals surface area contributed by atoms with E-state index < -0.39 is 0 Å². The van der Waals surface area contributed by atoms with Gasteiger partial charge in [-0.3, -0.25) is 0 Å². The summed E-state index contributed by atoms with van der Waals surface area (Å²) in [7, 11) is 0. The van der Waals surface area contributed by atoms with E-state index in [1.165, 1.54) is 25.7 Å². The van der Waals surface area contributed by atoms with E-state index in [0.717, 1.165) is 16.6 Å². The number of hydrogen-bond acceptors (Lipinski definition) is 2. The zero-order valence-corrected chi connectivity index (χ0v) is 12.6. The first-order chi connectivity index (χ1) is 8.65. The van der Waals surface area contributed by atoms with E-state index >= 15 is 0 Å². The van der Waals surface area contributed by atoms with E-state index in [1.807, 2.05) is 23.9 Å². The lowest BCUT2D eigenvalue weighted by Gasteiger charge is -2.14. The number of thioether (sulfide) groups is 1. The number of aliphatic hydroxyl groups is 1. The number of benzene rings is 1. The van der Waals surface area contributed by atoms with Crippen LogP contribution in [-0.2, 0) is 6.42 Å². The van der Waals surface area contributed by atoms with Crippen LogP contribution in [0.25, 0.3) is 0 Å². The first-order valence-electron chi connectivity index (χ1n) is 6.39. The maximum atomic E-state index is 10.0. The lowest BCUT2D eigenvalue weighted by molar-refractivity contribution is 0.200. The average molecular weight is 305 g/mol. The highest BCUT2D eigenvalue weighted by Gasteiger charge is 2.17. The third-order valence-corrected chi connectivity index (χ3v) is 5.54. The predicted octanol–water partition coefficient (Wildman–Crippen LogP) is 4.57. The Hall–Kier alpha value is 0.110. The van der Waals surface area contributed by atoms with Crippen LogP contribution in [0.5, 0.6) is 0 Å². The molecular formula is C14H18Cl2OS. The number of aliphatic hydroxyl groups excluding tert-OH is 1. The van der Waals surface area contributed by atoms with Crippen molar-refractivity contribution in [1.29, 1.82) is 0 Å². The third-order valence-electron chi connectivity index (χ3n) is 3.28. The second-order valence-electron chi connectivity index (χ2n) is 4.85. The van der Waals surface area contributed by atoms with E-state index in [1.54, 1.807) is 6.07 Å². The fourth-order valence-corrected chi connectivity index (χ4v) is 3.90. The molecule has 0 radical (unpaired) electrons. The van der Waals surface area contributed by atoms with Crippen molar-refractivity contribution in [2.24, 2.45) is 0 Å². The Bertz CT molecular complexity index is 391. The Kier molecular flexibility index (Phi) is 5.68. The van der Waals surface area contributed by atoms with Crippen molar-refractivity contribution in [3.05, 3.63) is 33.8 Å². The van der Waals surface area contributed by atoms with Gasteiger partial charge in [-0.05, 0) is 37.0 Å². The lowest BCUT2D eigenvalue weighted by Crippen LogP contribution is -2.15. The summed E-state index contributed by atoms with van der Waals surface area (Å²) in [6.45, 7) is 0. The molecule has 0 spiro atoms. The Morgan fingerprint density at radius 2 is 1.94 bits per heavy atom. The fraction of sp³-hybridized carbons (Fsp3) is 0.571. The summed E-state index contributed by atoms with van der Waals surface area (Å²) in [5.41, 5.74) is 1.05. The van der Waals surface area contributed by atoms with Gasteiger partial charge in [-0.2, -0.15) is 11.8 Å². The molecule has 1 fully saturated rings. The van der Waals surface area contributed by atoms with Gasteiger partial charge < -0.3 is 5.11 Å². The second kappa shape index (κ2) is 7.04. The van der Waals surface area contributed by atoms with Crippen LogP contribution in [-0.4, -0.2) is 22.2 Å². The smallest absolute Gasteiger partial charge is 0.0670 e. The quantitative estimate of drug-likeness (QED) is 0.859. The molecular weight excluding hydrogens is 287 g/mol. The van der Waals surface area contributed by atoms with Crippen LogP contribution in [0.4, 0.5) is 0 Å². The SMILES string of the molecule is OC(CSC1CCCC1)Cc1ccc(Cl)c(Cl)c1. The normalized spacial score (nSPS) is 18.2. The maximum absolute atomic E-state index is 10.0. The average Bonchev–Trinajstić information content (AvgIpc) is 2.84.